The molecule has 19 heteroatoms. The second-order valence-corrected chi connectivity index (χ2v) is 8.05. The van der Waals surface area contributed by atoms with Gasteiger partial charge in [-0.15, -0.1) is 0 Å². The van der Waals surface area contributed by atoms with Crippen LogP contribution in [0.25, 0.3) is 54.0 Å². The highest BCUT2D eigenvalue weighted by atomic mass is 19.1. The Hall–Kier alpha value is -6.71. The number of pyridine rings is 3. The number of nitrogens with one attached hydrogen (secondary N) is 3. The largest absolute Gasteiger partial charge is 0.478 e. The first kappa shape index (κ1) is 29.3. The Bertz CT molecular complexity index is 2020. The molecule has 2 amide bonds. The monoisotopic (exact) mass is 590 g/mol. The van der Waals surface area contributed by atoms with Crippen molar-refractivity contribution in [2.24, 2.45) is 10.2 Å². The second kappa shape index (κ2) is 12.6. The summed E-state index contributed by atoms with van der Waals surface area (Å²) in [5, 5.41) is 15.4. The highest BCUT2D eigenvalue weighted by Crippen LogP contribution is 2.19. The number of H-pyrrole nitrogens is 3. The van der Waals surface area contributed by atoms with Crippen LogP contribution in [0.2, 0.25) is 0 Å². The minimum absolute atomic E-state index is 0.0296. The zero-order valence-corrected chi connectivity index (χ0v) is 21.0. The Morgan fingerprint density at radius 3 is 1.30 bits per heavy atom. The van der Waals surface area contributed by atoms with E-state index in [1.165, 1.54) is 18.6 Å². The molecule has 6 heterocycles. The summed E-state index contributed by atoms with van der Waals surface area (Å²) in [6.07, 6.45) is 7.04. The maximum atomic E-state index is 12.9. The van der Waals surface area contributed by atoms with Crippen molar-refractivity contribution in [1.82, 2.24) is 29.9 Å². The van der Waals surface area contributed by atoms with Crippen molar-refractivity contribution in [3.05, 3.63) is 110 Å². The number of fused-ring (bicyclic) bond motifs is 3. The zero-order chi connectivity index (χ0) is 31.1. The van der Waals surface area contributed by atoms with E-state index in [1.807, 2.05) is 0 Å². The van der Waals surface area contributed by atoms with Crippen LogP contribution in [-0.2, 0) is 0 Å². The maximum absolute atomic E-state index is 12.9. The summed E-state index contributed by atoms with van der Waals surface area (Å²) in [4.78, 5) is 57.0. The van der Waals surface area contributed by atoms with E-state index in [-0.39, 0.29) is 22.1 Å². The first-order chi connectivity index (χ1) is 20.6. The molecule has 0 fully saturated rings. The predicted octanol–water partition coefficient (Wildman–Crippen LogP) is 5.71. The fourth-order valence-corrected chi connectivity index (χ4v) is 3.65. The first-order valence-corrected chi connectivity index (χ1v) is 11.4. The van der Waals surface area contributed by atoms with Crippen molar-refractivity contribution >= 4 is 50.9 Å². The number of aromatic amines is 3. The molecule has 0 bridgehead atoms. The van der Waals surface area contributed by atoms with Gasteiger partial charge < -0.3 is 20.1 Å². The number of carbonyl (C=O) groups is 3. The van der Waals surface area contributed by atoms with Gasteiger partial charge in [0, 0.05) is 44.6 Å². The molecule has 0 unspecified atom stereocenters. The molecule has 6 aromatic rings. The summed E-state index contributed by atoms with van der Waals surface area (Å²) < 4.78 is 38.4. The van der Waals surface area contributed by atoms with Gasteiger partial charge in [-0.25, -0.2) is 32.9 Å². The number of carboxylic acid groups (broad SMARTS) is 1. The number of aromatic carboxylic acids is 1. The summed E-state index contributed by atoms with van der Waals surface area (Å²) in [5.41, 5.74) is 17.6. The van der Waals surface area contributed by atoms with Gasteiger partial charge in [0.1, 0.15) is 34.4 Å². The van der Waals surface area contributed by atoms with E-state index < -0.39 is 35.2 Å². The van der Waals surface area contributed by atoms with Crippen molar-refractivity contribution < 1.29 is 32.7 Å². The number of carboxylic acids is 1. The fraction of sp³-hybridized carbons (Fsp3) is 0. The van der Waals surface area contributed by atoms with Crippen LogP contribution in [0.5, 0.6) is 0 Å². The summed E-state index contributed by atoms with van der Waals surface area (Å²) in [7, 11) is 0. The van der Waals surface area contributed by atoms with Gasteiger partial charge in [0.15, 0.2) is 0 Å². The Kier molecular flexibility index (Phi) is 8.61. The molecule has 16 nitrogen and oxygen atoms in total. The molecule has 0 aliphatic heterocycles. The van der Waals surface area contributed by atoms with E-state index in [2.05, 4.69) is 50.0 Å². The SMILES string of the molecule is O=C(O)c1c[nH]c2ncc(F)cc12.[N-]=[N+]=NC(=O)c1c[nH]c2ncc(F)cc12.[N-]=[N+]=NC(=O)c1c[nH]c2ncc(F)cc12. The summed E-state index contributed by atoms with van der Waals surface area (Å²) in [6.45, 7) is 0. The summed E-state index contributed by atoms with van der Waals surface area (Å²) in [5.74, 6) is -4.30. The van der Waals surface area contributed by atoms with Gasteiger partial charge in [0.2, 0.25) is 0 Å². The van der Waals surface area contributed by atoms with Crippen LogP contribution in [0.4, 0.5) is 13.2 Å². The lowest BCUT2D eigenvalue weighted by Gasteiger charge is -1.91. The number of aromatic nitrogens is 6. The number of nitrogens with zero attached hydrogens (tertiary/aromatic N) is 9. The minimum atomic E-state index is -1.10. The van der Waals surface area contributed by atoms with Crippen LogP contribution in [-0.4, -0.2) is 52.8 Å². The first-order valence-electron chi connectivity index (χ1n) is 11.4. The number of hydrogen-bond acceptors (Lipinski definition) is 6. The standard InChI is InChI=1S/2C8H4FN5O.C8H5FN2O2/c2*9-4-1-5-6(8(15)13-14-10)3-12-7(5)11-2-4;9-4-1-5-6(8(12)13)3-11-7(5)10-2-4/h2*1-3H,(H,11,12);1-3H,(H,10,11)(H,12,13). The number of rotatable bonds is 3. The summed E-state index contributed by atoms with van der Waals surface area (Å²) in [6, 6.07) is 3.44. The van der Waals surface area contributed by atoms with Gasteiger partial charge in [-0.1, -0.05) is 0 Å². The van der Waals surface area contributed by atoms with Crippen LogP contribution in [0.15, 0.2) is 65.6 Å². The van der Waals surface area contributed by atoms with Gasteiger partial charge >= 0.3 is 5.97 Å². The molecule has 0 spiro atoms. The third-order valence-corrected chi connectivity index (χ3v) is 5.46. The van der Waals surface area contributed by atoms with Gasteiger partial charge in [0.05, 0.1) is 35.3 Å². The van der Waals surface area contributed by atoms with Crippen LogP contribution in [0, 0.1) is 17.5 Å². The molecule has 6 aromatic heterocycles. The lowest BCUT2D eigenvalue weighted by Crippen LogP contribution is -1.93. The Morgan fingerprint density at radius 1 is 0.651 bits per heavy atom. The molecule has 0 atom stereocenters. The molecular formula is C24H13F3N12O4. The molecular weight excluding hydrogens is 577 g/mol. The van der Waals surface area contributed by atoms with E-state index >= 15 is 0 Å². The number of azide groups is 2. The Balaban J connectivity index is 0.000000148. The van der Waals surface area contributed by atoms with Crippen LogP contribution >= 0.6 is 0 Å². The summed E-state index contributed by atoms with van der Waals surface area (Å²) >= 11 is 0. The van der Waals surface area contributed by atoms with Crippen LogP contribution < -0.4 is 0 Å². The van der Waals surface area contributed by atoms with Gasteiger partial charge in [-0.2, -0.15) is 0 Å². The minimum Gasteiger partial charge on any atom is -0.478 e. The van der Waals surface area contributed by atoms with E-state index in [0.717, 1.165) is 36.8 Å². The van der Waals surface area contributed by atoms with Gasteiger partial charge in [-0.05, 0) is 39.5 Å². The number of amides is 2. The Morgan fingerprint density at radius 2 is 0.977 bits per heavy atom. The van der Waals surface area contributed by atoms with E-state index in [9.17, 15) is 27.6 Å². The fourth-order valence-electron chi connectivity index (χ4n) is 3.65. The van der Waals surface area contributed by atoms with Crippen molar-refractivity contribution in [2.75, 3.05) is 0 Å². The lowest BCUT2D eigenvalue weighted by atomic mass is 10.2. The van der Waals surface area contributed by atoms with Crippen LogP contribution in [0.1, 0.15) is 31.1 Å². The molecule has 0 saturated carbocycles. The van der Waals surface area contributed by atoms with Crippen molar-refractivity contribution in [3.63, 3.8) is 0 Å². The normalized spacial score (nSPS) is 10.1. The Labute approximate surface area is 234 Å². The number of carbonyl (C=O) groups excluding carboxylic acids is 2. The highest BCUT2D eigenvalue weighted by Gasteiger charge is 2.13. The molecule has 0 aromatic carbocycles. The molecule has 4 N–H and O–H groups in total. The lowest BCUT2D eigenvalue weighted by molar-refractivity contribution is 0.0698. The molecule has 214 valence electrons. The molecule has 0 radical (unpaired) electrons. The maximum Gasteiger partial charge on any atom is 0.337 e. The van der Waals surface area contributed by atoms with Crippen molar-refractivity contribution in [2.45, 2.75) is 0 Å². The zero-order valence-electron chi connectivity index (χ0n) is 21.0. The molecule has 0 saturated heterocycles. The van der Waals surface area contributed by atoms with Crippen molar-refractivity contribution in [3.8, 4) is 0 Å². The topological polar surface area (TPSA) is 255 Å². The van der Waals surface area contributed by atoms with Gasteiger partial charge in [-0.3, -0.25) is 9.59 Å². The quantitative estimate of drug-likeness (QED) is 0.113. The molecule has 43 heavy (non-hydrogen) atoms. The second-order valence-electron chi connectivity index (χ2n) is 8.05. The van der Waals surface area contributed by atoms with E-state index in [1.54, 1.807) is 0 Å². The van der Waals surface area contributed by atoms with Crippen LogP contribution in [0.3, 0.4) is 0 Å². The highest BCUT2D eigenvalue weighted by molar-refractivity contribution is 6.07. The molecule has 0 aliphatic rings. The average molecular weight is 590 g/mol. The van der Waals surface area contributed by atoms with Gasteiger partial charge in [0.25, 0.3) is 11.8 Å². The van der Waals surface area contributed by atoms with Crippen molar-refractivity contribution in [1.29, 1.82) is 0 Å². The smallest absolute Gasteiger partial charge is 0.337 e. The molecule has 0 aliphatic carbocycles. The molecule has 6 rings (SSSR count). The third-order valence-electron chi connectivity index (χ3n) is 5.46. The number of hydrogen-bond donors (Lipinski definition) is 4. The average Bonchev–Trinajstić information content (AvgIpc) is 3.70. The van der Waals surface area contributed by atoms with E-state index in [4.69, 9.17) is 16.2 Å². The number of halogens is 3. The van der Waals surface area contributed by atoms with E-state index in [0.29, 0.717) is 27.7 Å². The third kappa shape index (κ3) is 6.55. The predicted molar refractivity (Wildman–Crippen MR) is 142 cm³/mol.